The fraction of sp³-hybridized carbons (Fsp3) is 0.200. The molecule has 28 heavy (non-hydrogen) atoms. The number of ketones is 1. The first kappa shape index (κ1) is 19.1. The van der Waals surface area contributed by atoms with Crippen molar-refractivity contribution in [1.29, 1.82) is 0 Å². The maximum Gasteiger partial charge on any atom is 0.359 e. The van der Waals surface area contributed by atoms with E-state index in [2.05, 4.69) is 5.10 Å². The molecular formula is C20H18N2O6. The summed E-state index contributed by atoms with van der Waals surface area (Å²) >= 11 is 0. The summed E-state index contributed by atoms with van der Waals surface area (Å²) in [7, 11) is 4.40. The maximum absolute atomic E-state index is 12.5. The molecule has 0 radical (unpaired) electrons. The number of ether oxygens (including phenoxy) is 3. The second kappa shape index (κ2) is 7.91. The Balaban J connectivity index is 1.81. The lowest BCUT2D eigenvalue weighted by Gasteiger charge is -2.10. The zero-order valence-corrected chi connectivity index (χ0v) is 15.6. The van der Waals surface area contributed by atoms with Crippen LogP contribution in [0, 0.1) is 0 Å². The molecule has 3 aromatic rings. The Morgan fingerprint density at radius 3 is 2.36 bits per heavy atom. The number of rotatable bonds is 6. The van der Waals surface area contributed by atoms with Gasteiger partial charge < -0.3 is 14.2 Å². The molecule has 144 valence electrons. The number of Topliss-reactive ketones (excluding diaryl/α,β-unsaturated/α-hetero) is 1. The highest BCUT2D eigenvalue weighted by atomic mass is 16.5. The molecule has 0 fully saturated rings. The lowest BCUT2D eigenvalue weighted by atomic mass is 10.1. The van der Waals surface area contributed by atoms with Crippen LogP contribution in [-0.4, -0.2) is 42.4 Å². The zero-order valence-electron chi connectivity index (χ0n) is 15.6. The topological polar surface area (TPSA) is 96.7 Å². The molecule has 0 aliphatic rings. The van der Waals surface area contributed by atoms with E-state index in [1.807, 2.05) is 0 Å². The summed E-state index contributed by atoms with van der Waals surface area (Å²) in [6, 6.07) is 11.2. The van der Waals surface area contributed by atoms with Crippen molar-refractivity contribution in [2.75, 3.05) is 20.8 Å². The average molecular weight is 382 g/mol. The van der Waals surface area contributed by atoms with Gasteiger partial charge in [0.1, 0.15) is 0 Å². The summed E-state index contributed by atoms with van der Waals surface area (Å²) in [6.07, 6.45) is 0. The predicted molar refractivity (Wildman–Crippen MR) is 101 cm³/mol. The van der Waals surface area contributed by atoms with Crippen LogP contribution in [0.15, 0.2) is 47.3 Å². The van der Waals surface area contributed by atoms with E-state index in [4.69, 9.17) is 14.2 Å². The number of carbonyl (C=O) groups is 2. The Morgan fingerprint density at radius 1 is 1.00 bits per heavy atom. The summed E-state index contributed by atoms with van der Waals surface area (Å²) < 4.78 is 16.5. The molecule has 2 aromatic carbocycles. The van der Waals surface area contributed by atoms with Crippen molar-refractivity contribution in [2.24, 2.45) is 7.05 Å². The summed E-state index contributed by atoms with van der Waals surface area (Å²) in [4.78, 5) is 37.0. The van der Waals surface area contributed by atoms with Crippen molar-refractivity contribution in [3.05, 3.63) is 64.1 Å². The van der Waals surface area contributed by atoms with Gasteiger partial charge in [-0.25, -0.2) is 9.48 Å². The predicted octanol–water partition coefficient (Wildman–Crippen LogP) is 1.99. The fourth-order valence-corrected chi connectivity index (χ4v) is 2.74. The highest BCUT2D eigenvalue weighted by Gasteiger charge is 2.19. The van der Waals surface area contributed by atoms with Gasteiger partial charge in [0.2, 0.25) is 0 Å². The van der Waals surface area contributed by atoms with Crippen molar-refractivity contribution in [3.8, 4) is 11.5 Å². The number of carbonyl (C=O) groups excluding carboxylic acids is 2. The van der Waals surface area contributed by atoms with Gasteiger partial charge in [0, 0.05) is 18.0 Å². The molecule has 3 rings (SSSR count). The first-order chi connectivity index (χ1) is 13.5. The second-order valence-corrected chi connectivity index (χ2v) is 5.89. The third-order valence-electron chi connectivity index (χ3n) is 4.19. The normalized spacial score (nSPS) is 10.5. The summed E-state index contributed by atoms with van der Waals surface area (Å²) in [5.41, 5.74) is -0.0462. The van der Waals surface area contributed by atoms with E-state index in [1.165, 1.54) is 27.3 Å². The average Bonchev–Trinajstić information content (AvgIpc) is 2.73. The lowest BCUT2D eigenvalue weighted by Crippen LogP contribution is -2.24. The number of aromatic nitrogens is 2. The first-order valence-corrected chi connectivity index (χ1v) is 8.34. The van der Waals surface area contributed by atoms with Gasteiger partial charge in [0.25, 0.3) is 5.56 Å². The molecule has 0 saturated carbocycles. The molecule has 1 aromatic heterocycles. The maximum atomic E-state index is 12.5. The van der Waals surface area contributed by atoms with Crippen LogP contribution in [-0.2, 0) is 11.8 Å². The van der Waals surface area contributed by atoms with E-state index >= 15 is 0 Å². The molecule has 0 N–H and O–H groups in total. The molecule has 1 heterocycles. The third-order valence-corrected chi connectivity index (χ3v) is 4.19. The highest BCUT2D eigenvalue weighted by Crippen LogP contribution is 2.27. The molecule has 8 heteroatoms. The number of benzene rings is 2. The molecule has 0 saturated heterocycles. The van der Waals surface area contributed by atoms with E-state index in [9.17, 15) is 14.4 Å². The molecular weight excluding hydrogens is 364 g/mol. The van der Waals surface area contributed by atoms with Gasteiger partial charge in [-0.3, -0.25) is 9.59 Å². The molecule has 0 aliphatic heterocycles. The zero-order chi connectivity index (χ0) is 20.3. The molecule has 8 nitrogen and oxygen atoms in total. The van der Waals surface area contributed by atoms with Crippen molar-refractivity contribution in [3.63, 3.8) is 0 Å². The number of fused-ring (bicyclic) bond motifs is 1. The van der Waals surface area contributed by atoms with Crippen LogP contribution < -0.4 is 15.0 Å². The van der Waals surface area contributed by atoms with E-state index in [1.54, 1.807) is 36.4 Å². The minimum atomic E-state index is -0.791. The van der Waals surface area contributed by atoms with E-state index in [0.717, 1.165) is 4.68 Å². The van der Waals surface area contributed by atoms with E-state index in [0.29, 0.717) is 27.8 Å². The first-order valence-electron chi connectivity index (χ1n) is 8.34. The van der Waals surface area contributed by atoms with Gasteiger partial charge in [0.05, 0.1) is 19.6 Å². The molecule has 0 spiro atoms. The highest BCUT2D eigenvalue weighted by molar-refractivity contribution is 6.04. The van der Waals surface area contributed by atoms with Crippen LogP contribution in [0.5, 0.6) is 11.5 Å². The van der Waals surface area contributed by atoms with E-state index in [-0.39, 0.29) is 11.3 Å². The SMILES string of the molecule is COc1ccc(C(=O)COC(=O)c2nn(C)c(=O)c3ccccc23)cc1OC. The number of nitrogens with zero attached hydrogens (tertiary/aromatic N) is 2. The van der Waals surface area contributed by atoms with Gasteiger partial charge >= 0.3 is 5.97 Å². The van der Waals surface area contributed by atoms with Crippen LogP contribution in [0.25, 0.3) is 10.8 Å². The van der Waals surface area contributed by atoms with Gasteiger partial charge in [0.15, 0.2) is 29.6 Å². The Morgan fingerprint density at radius 2 is 1.68 bits per heavy atom. The summed E-state index contributed by atoms with van der Waals surface area (Å²) in [5, 5.41) is 4.70. The lowest BCUT2D eigenvalue weighted by molar-refractivity contribution is 0.0468. The standard InChI is InChI=1S/C20H18N2O6/c1-22-19(24)14-7-5-4-6-13(14)18(21-22)20(25)28-11-15(23)12-8-9-16(26-2)17(10-12)27-3/h4-10H,11H2,1-3H3. The number of hydrogen-bond acceptors (Lipinski definition) is 7. The Hall–Kier alpha value is -3.68. The quantitative estimate of drug-likeness (QED) is 0.475. The van der Waals surface area contributed by atoms with Crippen LogP contribution in [0.2, 0.25) is 0 Å². The van der Waals surface area contributed by atoms with Gasteiger partial charge in [-0.2, -0.15) is 5.10 Å². The summed E-state index contributed by atoms with van der Waals surface area (Å²) in [6.45, 7) is -0.479. The largest absolute Gasteiger partial charge is 0.493 e. The smallest absolute Gasteiger partial charge is 0.359 e. The third kappa shape index (κ3) is 3.57. The Labute approximate surface area is 160 Å². The van der Waals surface area contributed by atoms with Gasteiger partial charge in [-0.15, -0.1) is 0 Å². The second-order valence-electron chi connectivity index (χ2n) is 5.89. The Bertz CT molecular complexity index is 1120. The van der Waals surface area contributed by atoms with Gasteiger partial charge in [-0.05, 0) is 24.3 Å². The van der Waals surface area contributed by atoms with Crippen molar-refractivity contribution < 1.29 is 23.8 Å². The van der Waals surface area contributed by atoms with E-state index < -0.39 is 18.4 Å². The molecule has 0 amide bonds. The molecule has 0 atom stereocenters. The number of methoxy groups -OCH3 is 2. The summed E-state index contributed by atoms with van der Waals surface area (Å²) in [5.74, 6) is -0.327. The molecule has 0 unspecified atom stereocenters. The molecule has 0 aliphatic carbocycles. The minimum absolute atomic E-state index is 0.0298. The van der Waals surface area contributed by atoms with Crippen LogP contribution >= 0.6 is 0 Å². The number of hydrogen-bond donors (Lipinski definition) is 0. The van der Waals surface area contributed by atoms with Crippen LogP contribution in [0.4, 0.5) is 0 Å². The van der Waals surface area contributed by atoms with Gasteiger partial charge in [-0.1, -0.05) is 18.2 Å². The monoisotopic (exact) mass is 382 g/mol. The number of esters is 1. The van der Waals surface area contributed by atoms with Crippen molar-refractivity contribution in [2.45, 2.75) is 0 Å². The fourth-order valence-electron chi connectivity index (χ4n) is 2.74. The number of aryl methyl sites for hydroxylation is 1. The minimum Gasteiger partial charge on any atom is -0.493 e. The van der Waals surface area contributed by atoms with Crippen LogP contribution in [0.3, 0.4) is 0 Å². The Kier molecular flexibility index (Phi) is 5.39. The molecule has 0 bridgehead atoms. The van der Waals surface area contributed by atoms with Crippen molar-refractivity contribution in [1.82, 2.24) is 9.78 Å². The van der Waals surface area contributed by atoms with Crippen molar-refractivity contribution >= 4 is 22.5 Å². The van der Waals surface area contributed by atoms with Crippen LogP contribution in [0.1, 0.15) is 20.8 Å².